The van der Waals surface area contributed by atoms with Gasteiger partial charge in [0.25, 0.3) is 0 Å². The van der Waals surface area contributed by atoms with E-state index in [2.05, 4.69) is 20.6 Å². The highest BCUT2D eigenvalue weighted by Crippen LogP contribution is 2.29. The van der Waals surface area contributed by atoms with Crippen LogP contribution < -0.4 is 16.4 Å². The Kier molecular flexibility index (Phi) is 5.54. The van der Waals surface area contributed by atoms with Gasteiger partial charge >= 0.3 is 0 Å². The number of hydrogen-bond acceptors (Lipinski definition) is 6. The number of hydrogen-bond donors (Lipinski definition) is 3. The number of pyridine rings is 1. The minimum atomic E-state index is -0.350. The first-order valence-electron chi connectivity index (χ1n) is 9.56. The fourth-order valence-electron chi connectivity index (χ4n) is 3.56. The van der Waals surface area contributed by atoms with Gasteiger partial charge in [-0.15, -0.1) is 11.3 Å². The zero-order valence-electron chi connectivity index (χ0n) is 15.8. The first-order valence-corrected chi connectivity index (χ1v) is 10.4. The number of nitrogens with two attached hydrogens (primary N) is 1. The van der Waals surface area contributed by atoms with Crippen molar-refractivity contribution in [3.63, 3.8) is 0 Å². The first kappa shape index (κ1) is 18.8. The molecular formula is C21H24FN5S. The van der Waals surface area contributed by atoms with Crippen molar-refractivity contribution < 1.29 is 4.39 Å². The van der Waals surface area contributed by atoms with Crippen molar-refractivity contribution >= 4 is 28.7 Å². The van der Waals surface area contributed by atoms with Crippen molar-refractivity contribution in [2.45, 2.75) is 44.7 Å². The Morgan fingerprint density at radius 1 is 1.18 bits per heavy atom. The van der Waals surface area contributed by atoms with E-state index in [0.717, 1.165) is 47.5 Å². The topological polar surface area (TPSA) is 75.9 Å². The average molecular weight is 398 g/mol. The second-order valence-corrected chi connectivity index (χ2v) is 8.12. The van der Waals surface area contributed by atoms with Gasteiger partial charge in [0.1, 0.15) is 10.8 Å². The normalized spacial score (nSPS) is 19.4. The fraction of sp³-hybridized carbons (Fsp3) is 0.333. The van der Waals surface area contributed by atoms with Crippen molar-refractivity contribution in [3.05, 3.63) is 53.3 Å². The van der Waals surface area contributed by atoms with E-state index in [1.54, 1.807) is 17.5 Å². The Morgan fingerprint density at radius 2 is 2.04 bits per heavy atom. The van der Waals surface area contributed by atoms with E-state index in [1.807, 2.05) is 36.6 Å². The van der Waals surface area contributed by atoms with Crippen LogP contribution in [-0.2, 0) is 0 Å². The van der Waals surface area contributed by atoms with Crippen LogP contribution in [0.3, 0.4) is 0 Å². The van der Waals surface area contributed by atoms with E-state index in [1.165, 1.54) is 6.07 Å². The summed E-state index contributed by atoms with van der Waals surface area (Å²) in [6, 6.07) is 9.57. The molecule has 2 heterocycles. The highest BCUT2D eigenvalue weighted by atomic mass is 32.1. The number of rotatable bonds is 5. The Labute approximate surface area is 168 Å². The standard InChI is InChI=1S/C21H24FN5S/c1-13-11-16(22)20(26-18-8-3-2-7-17(18)23)27-19(13)25-15-6-4-5-14(12-15)21-24-9-10-28-21/h4-6,9-12,17-18H,2-3,7-8,23H2,1H3,(H2,25,26,27)/t17-,18+/m0/s1. The molecule has 0 bridgehead atoms. The number of halogens is 1. The molecule has 0 spiro atoms. The molecule has 2 atom stereocenters. The van der Waals surface area contributed by atoms with E-state index in [4.69, 9.17) is 5.73 Å². The summed E-state index contributed by atoms with van der Waals surface area (Å²) in [5, 5.41) is 9.46. The third-order valence-electron chi connectivity index (χ3n) is 5.11. The van der Waals surface area contributed by atoms with E-state index >= 15 is 0 Å². The number of aromatic nitrogens is 2. The number of anilines is 3. The molecule has 4 N–H and O–H groups in total. The summed E-state index contributed by atoms with van der Waals surface area (Å²) in [5.41, 5.74) is 8.86. The molecule has 0 aliphatic heterocycles. The second-order valence-electron chi connectivity index (χ2n) is 7.23. The molecule has 2 aromatic heterocycles. The predicted octanol–water partition coefficient (Wildman–Crippen LogP) is 5.08. The molecule has 1 saturated carbocycles. The van der Waals surface area contributed by atoms with Gasteiger partial charge in [0.05, 0.1) is 0 Å². The molecule has 0 radical (unpaired) electrons. The van der Waals surface area contributed by atoms with Crippen LogP contribution in [0.4, 0.5) is 21.7 Å². The lowest BCUT2D eigenvalue weighted by molar-refractivity contribution is 0.402. The largest absolute Gasteiger partial charge is 0.363 e. The van der Waals surface area contributed by atoms with Crippen LogP contribution in [0.25, 0.3) is 10.6 Å². The Balaban J connectivity index is 1.57. The van der Waals surface area contributed by atoms with Crippen LogP contribution in [-0.4, -0.2) is 22.1 Å². The molecule has 7 heteroatoms. The van der Waals surface area contributed by atoms with Crippen LogP contribution in [0.5, 0.6) is 0 Å². The van der Waals surface area contributed by atoms with Gasteiger partial charge in [0.15, 0.2) is 11.6 Å². The molecule has 1 aliphatic carbocycles. The van der Waals surface area contributed by atoms with Crippen molar-refractivity contribution in [3.8, 4) is 10.6 Å². The Morgan fingerprint density at radius 3 is 2.82 bits per heavy atom. The molecule has 0 amide bonds. The third-order valence-corrected chi connectivity index (χ3v) is 5.93. The van der Waals surface area contributed by atoms with Crippen molar-refractivity contribution in [1.82, 2.24) is 9.97 Å². The van der Waals surface area contributed by atoms with Gasteiger partial charge < -0.3 is 16.4 Å². The zero-order valence-corrected chi connectivity index (χ0v) is 16.6. The third kappa shape index (κ3) is 4.15. The zero-order chi connectivity index (χ0) is 19.5. The quantitative estimate of drug-likeness (QED) is 0.560. The number of benzene rings is 1. The predicted molar refractivity (Wildman–Crippen MR) is 114 cm³/mol. The van der Waals surface area contributed by atoms with Gasteiger partial charge in [-0.1, -0.05) is 25.0 Å². The van der Waals surface area contributed by atoms with Crippen LogP contribution in [0, 0.1) is 12.7 Å². The van der Waals surface area contributed by atoms with Gasteiger partial charge in [-0.3, -0.25) is 0 Å². The molecular weight excluding hydrogens is 373 g/mol. The van der Waals surface area contributed by atoms with E-state index in [9.17, 15) is 4.39 Å². The van der Waals surface area contributed by atoms with Crippen LogP contribution >= 0.6 is 11.3 Å². The SMILES string of the molecule is Cc1cc(F)c(N[C@@H]2CCCC[C@@H]2N)nc1Nc1cccc(-c2nccs2)c1. The maximum Gasteiger partial charge on any atom is 0.165 e. The molecule has 0 saturated heterocycles. The molecule has 1 aliphatic rings. The van der Waals surface area contributed by atoms with Gasteiger partial charge in [0, 0.05) is 34.9 Å². The van der Waals surface area contributed by atoms with E-state index in [0.29, 0.717) is 5.82 Å². The maximum atomic E-state index is 14.5. The lowest BCUT2D eigenvalue weighted by Gasteiger charge is -2.30. The summed E-state index contributed by atoms with van der Waals surface area (Å²) >= 11 is 1.59. The molecule has 28 heavy (non-hydrogen) atoms. The number of nitrogens with zero attached hydrogens (tertiary/aromatic N) is 2. The molecule has 4 rings (SSSR count). The lowest BCUT2D eigenvalue weighted by Crippen LogP contribution is -2.43. The summed E-state index contributed by atoms with van der Waals surface area (Å²) in [7, 11) is 0. The minimum Gasteiger partial charge on any atom is -0.363 e. The average Bonchev–Trinajstić information content (AvgIpc) is 3.22. The molecule has 146 valence electrons. The Bertz CT molecular complexity index is 944. The monoisotopic (exact) mass is 397 g/mol. The number of aryl methyl sites for hydroxylation is 1. The summed E-state index contributed by atoms with van der Waals surface area (Å²) in [5.74, 6) is 0.536. The number of thiazole rings is 1. The highest BCUT2D eigenvalue weighted by molar-refractivity contribution is 7.13. The van der Waals surface area contributed by atoms with E-state index < -0.39 is 0 Å². The van der Waals surface area contributed by atoms with Crippen molar-refractivity contribution in [2.24, 2.45) is 5.73 Å². The lowest BCUT2D eigenvalue weighted by atomic mass is 9.91. The summed E-state index contributed by atoms with van der Waals surface area (Å²) in [6.45, 7) is 1.85. The van der Waals surface area contributed by atoms with Gasteiger partial charge in [0.2, 0.25) is 0 Å². The smallest absolute Gasteiger partial charge is 0.165 e. The van der Waals surface area contributed by atoms with Crippen molar-refractivity contribution in [2.75, 3.05) is 10.6 Å². The van der Waals surface area contributed by atoms with E-state index in [-0.39, 0.29) is 23.7 Å². The molecule has 5 nitrogen and oxygen atoms in total. The second kappa shape index (κ2) is 8.24. The van der Waals surface area contributed by atoms with Crippen LogP contribution in [0.15, 0.2) is 41.9 Å². The van der Waals surface area contributed by atoms with Gasteiger partial charge in [-0.05, 0) is 43.5 Å². The number of nitrogens with one attached hydrogen (secondary N) is 2. The summed E-state index contributed by atoms with van der Waals surface area (Å²) in [6.07, 6.45) is 5.92. The molecule has 0 unspecified atom stereocenters. The van der Waals surface area contributed by atoms with Crippen LogP contribution in [0.1, 0.15) is 31.2 Å². The summed E-state index contributed by atoms with van der Waals surface area (Å²) < 4.78 is 14.5. The maximum absolute atomic E-state index is 14.5. The molecule has 1 aromatic carbocycles. The molecule has 1 fully saturated rings. The van der Waals surface area contributed by atoms with Gasteiger partial charge in [-0.25, -0.2) is 14.4 Å². The molecule has 3 aromatic rings. The van der Waals surface area contributed by atoms with Gasteiger partial charge in [-0.2, -0.15) is 0 Å². The Hall–Kier alpha value is -2.51. The summed E-state index contributed by atoms with van der Waals surface area (Å²) in [4.78, 5) is 8.88. The van der Waals surface area contributed by atoms with Crippen molar-refractivity contribution in [1.29, 1.82) is 0 Å². The fourth-order valence-corrected chi connectivity index (χ4v) is 4.19. The highest BCUT2D eigenvalue weighted by Gasteiger charge is 2.23. The first-order chi connectivity index (χ1) is 13.6. The van der Waals surface area contributed by atoms with Crippen LogP contribution in [0.2, 0.25) is 0 Å². The minimum absolute atomic E-state index is 0.0302.